The van der Waals surface area contributed by atoms with Crippen LogP contribution in [-0.2, 0) is 4.79 Å². The number of carbonyl (C=O) groups is 2. The highest BCUT2D eigenvalue weighted by molar-refractivity contribution is 6.04. The number of nitrogens with zero attached hydrogens (tertiary/aromatic N) is 1. The third-order valence-corrected chi connectivity index (χ3v) is 2.26. The molecule has 0 saturated heterocycles. The van der Waals surface area contributed by atoms with Crippen LogP contribution in [-0.4, -0.2) is 16.4 Å². The monoisotopic (exact) mass is 228 g/mol. The van der Waals surface area contributed by atoms with Gasteiger partial charge in [0, 0.05) is 18.1 Å². The fourth-order valence-corrected chi connectivity index (χ4v) is 1.46. The van der Waals surface area contributed by atoms with Gasteiger partial charge in [0.25, 0.3) is 0 Å². The molecule has 0 atom stereocenters. The van der Waals surface area contributed by atoms with Gasteiger partial charge in [-0.1, -0.05) is 18.2 Å². The average molecular weight is 228 g/mol. The van der Waals surface area contributed by atoms with E-state index in [-0.39, 0.29) is 18.2 Å². The number of hydrogen-bond donors (Lipinski definition) is 1. The first-order chi connectivity index (χ1) is 8.25. The van der Waals surface area contributed by atoms with Crippen molar-refractivity contribution < 1.29 is 9.59 Å². The van der Waals surface area contributed by atoms with Gasteiger partial charge < -0.3 is 5.32 Å². The summed E-state index contributed by atoms with van der Waals surface area (Å²) in [6, 6.07) is 12.5. The van der Waals surface area contributed by atoms with Crippen LogP contribution in [0.3, 0.4) is 0 Å². The minimum absolute atomic E-state index is 0.163. The molecule has 0 saturated carbocycles. The maximum Gasteiger partial charge on any atom is 0.240 e. The van der Waals surface area contributed by atoms with Crippen molar-refractivity contribution in [3.63, 3.8) is 0 Å². The number of amides is 1. The number of hydrogen-bond acceptors (Lipinski definition) is 2. The number of carbonyl (C=O) groups excluding carboxylic acids is 2. The quantitative estimate of drug-likeness (QED) is 0.818. The zero-order chi connectivity index (χ0) is 12.1. The highest BCUT2D eigenvalue weighted by atomic mass is 16.2. The molecule has 86 valence electrons. The van der Waals surface area contributed by atoms with Crippen LogP contribution in [0, 0.1) is 0 Å². The summed E-state index contributed by atoms with van der Waals surface area (Å²) in [6.45, 7) is 0. The van der Waals surface area contributed by atoms with Gasteiger partial charge in [-0.3, -0.25) is 14.2 Å². The van der Waals surface area contributed by atoms with E-state index in [1.165, 1.54) is 4.57 Å². The second-order valence-corrected chi connectivity index (χ2v) is 3.58. The molecule has 1 aromatic carbocycles. The molecule has 4 heteroatoms. The molecule has 1 heterocycles. The van der Waals surface area contributed by atoms with Crippen LogP contribution in [0.25, 0.3) is 0 Å². The molecule has 1 aromatic heterocycles. The number of rotatable bonds is 3. The van der Waals surface area contributed by atoms with Crippen LogP contribution in [0.5, 0.6) is 0 Å². The molecule has 2 rings (SSSR count). The molecule has 0 bridgehead atoms. The lowest BCUT2D eigenvalue weighted by molar-refractivity contribution is -0.115. The Hall–Kier alpha value is -2.36. The molecule has 0 aliphatic heterocycles. The van der Waals surface area contributed by atoms with Gasteiger partial charge in [0.05, 0.1) is 0 Å². The van der Waals surface area contributed by atoms with Gasteiger partial charge in [-0.15, -0.1) is 0 Å². The third-order valence-electron chi connectivity index (χ3n) is 2.26. The Bertz CT molecular complexity index is 503. The molecule has 0 aliphatic carbocycles. The Kier molecular flexibility index (Phi) is 3.35. The molecular weight excluding hydrogens is 216 g/mol. The van der Waals surface area contributed by atoms with E-state index in [4.69, 9.17) is 0 Å². The molecule has 0 aliphatic rings. The first kappa shape index (κ1) is 11.1. The molecule has 1 amide bonds. The van der Waals surface area contributed by atoms with Crippen molar-refractivity contribution >= 4 is 17.5 Å². The molecule has 0 radical (unpaired) electrons. The number of nitrogens with one attached hydrogen (secondary N) is 1. The molecule has 0 unspecified atom stereocenters. The Morgan fingerprint density at radius 2 is 1.65 bits per heavy atom. The molecule has 0 fully saturated rings. The zero-order valence-corrected chi connectivity index (χ0v) is 9.17. The minimum atomic E-state index is -0.310. The third kappa shape index (κ3) is 3.04. The Morgan fingerprint density at radius 3 is 2.29 bits per heavy atom. The van der Waals surface area contributed by atoms with Crippen LogP contribution < -0.4 is 5.32 Å². The first-order valence-electron chi connectivity index (χ1n) is 5.27. The van der Waals surface area contributed by atoms with Crippen LogP contribution in [0.4, 0.5) is 5.69 Å². The van der Waals surface area contributed by atoms with E-state index < -0.39 is 0 Å². The van der Waals surface area contributed by atoms with Gasteiger partial charge in [0.15, 0.2) is 0 Å². The van der Waals surface area contributed by atoms with Gasteiger partial charge in [-0.25, -0.2) is 0 Å². The van der Waals surface area contributed by atoms with Crippen molar-refractivity contribution in [1.29, 1.82) is 0 Å². The molecule has 17 heavy (non-hydrogen) atoms. The second kappa shape index (κ2) is 5.12. The summed E-state index contributed by atoms with van der Waals surface area (Å²) in [5.41, 5.74) is 0.692. The highest BCUT2D eigenvalue weighted by Crippen LogP contribution is 2.05. The van der Waals surface area contributed by atoms with Crippen LogP contribution in [0.1, 0.15) is 11.2 Å². The van der Waals surface area contributed by atoms with Gasteiger partial charge in [-0.2, -0.15) is 0 Å². The Labute approximate surface area is 98.9 Å². The Balaban J connectivity index is 1.92. The van der Waals surface area contributed by atoms with Gasteiger partial charge in [0.1, 0.15) is 6.42 Å². The first-order valence-corrected chi connectivity index (χ1v) is 5.27. The summed E-state index contributed by atoms with van der Waals surface area (Å²) in [6.07, 6.45) is 3.08. The van der Waals surface area contributed by atoms with E-state index in [9.17, 15) is 9.59 Å². The van der Waals surface area contributed by atoms with E-state index in [2.05, 4.69) is 5.32 Å². The second-order valence-electron chi connectivity index (χ2n) is 3.58. The summed E-state index contributed by atoms with van der Waals surface area (Å²) in [5, 5.41) is 2.66. The van der Waals surface area contributed by atoms with Gasteiger partial charge in [0.2, 0.25) is 11.8 Å². The van der Waals surface area contributed by atoms with E-state index in [0.717, 1.165) is 0 Å². The molecule has 1 N–H and O–H groups in total. The maximum absolute atomic E-state index is 11.6. The van der Waals surface area contributed by atoms with Gasteiger partial charge >= 0.3 is 0 Å². The molecular formula is C13H12N2O2. The molecule has 4 nitrogen and oxygen atoms in total. The van der Waals surface area contributed by atoms with Crippen molar-refractivity contribution in [2.75, 3.05) is 5.32 Å². The molecule has 2 aromatic rings. The lowest BCUT2D eigenvalue weighted by Crippen LogP contribution is -2.19. The lowest BCUT2D eigenvalue weighted by Gasteiger charge is -2.04. The topological polar surface area (TPSA) is 51.1 Å². The predicted molar refractivity (Wildman–Crippen MR) is 64.7 cm³/mol. The maximum atomic E-state index is 11.6. The van der Waals surface area contributed by atoms with Crippen LogP contribution >= 0.6 is 0 Å². The smallest absolute Gasteiger partial charge is 0.240 e. The predicted octanol–water partition coefficient (Wildman–Crippen LogP) is 2.16. The van der Waals surface area contributed by atoms with Crippen LogP contribution in [0.2, 0.25) is 0 Å². The van der Waals surface area contributed by atoms with E-state index >= 15 is 0 Å². The van der Waals surface area contributed by atoms with E-state index in [1.807, 2.05) is 18.2 Å². The van der Waals surface area contributed by atoms with Crippen molar-refractivity contribution in [1.82, 2.24) is 4.57 Å². The number of aromatic nitrogens is 1. The summed E-state index contributed by atoms with van der Waals surface area (Å²) < 4.78 is 1.39. The normalized spacial score (nSPS) is 9.88. The average Bonchev–Trinajstić information content (AvgIpc) is 2.83. The lowest BCUT2D eigenvalue weighted by atomic mass is 10.3. The fourth-order valence-electron chi connectivity index (χ4n) is 1.46. The number of benzene rings is 1. The minimum Gasteiger partial charge on any atom is -0.326 e. The SMILES string of the molecule is O=C(CC(=O)n1cccc1)Nc1ccccc1. The highest BCUT2D eigenvalue weighted by Gasteiger charge is 2.10. The largest absolute Gasteiger partial charge is 0.326 e. The Morgan fingerprint density at radius 1 is 1.00 bits per heavy atom. The van der Waals surface area contributed by atoms with Crippen molar-refractivity contribution in [3.8, 4) is 0 Å². The van der Waals surface area contributed by atoms with E-state index in [1.54, 1.807) is 36.7 Å². The van der Waals surface area contributed by atoms with Crippen molar-refractivity contribution in [2.24, 2.45) is 0 Å². The summed E-state index contributed by atoms with van der Waals surface area (Å²) >= 11 is 0. The molecule has 0 spiro atoms. The zero-order valence-electron chi connectivity index (χ0n) is 9.17. The summed E-state index contributed by atoms with van der Waals surface area (Å²) in [7, 11) is 0. The standard InChI is InChI=1S/C13H12N2O2/c16-12(14-11-6-2-1-3-7-11)10-13(17)15-8-4-5-9-15/h1-9H,10H2,(H,14,16). The summed E-state index contributed by atoms with van der Waals surface area (Å²) in [5.74, 6) is -0.557. The van der Waals surface area contributed by atoms with Crippen molar-refractivity contribution in [2.45, 2.75) is 6.42 Å². The van der Waals surface area contributed by atoms with Crippen molar-refractivity contribution in [3.05, 3.63) is 54.9 Å². The fraction of sp³-hybridized carbons (Fsp3) is 0.0769. The van der Waals surface area contributed by atoms with Crippen LogP contribution in [0.15, 0.2) is 54.9 Å². The summed E-state index contributed by atoms with van der Waals surface area (Å²) in [4.78, 5) is 23.2. The number of anilines is 1. The van der Waals surface area contributed by atoms with E-state index in [0.29, 0.717) is 5.69 Å². The number of para-hydroxylation sites is 1. The van der Waals surface area contributed by atoms with Gasteiger partial charge in [-0.05, 0) is 24.3 Å².